The van der Waals surface area contributed by atoms with E-state index in [1.165, 1.54) is 0 Å². The third-order valence-corrected chi connectivity index (χ3v) is 3.81. The van der Waals surface area contributed by atoms with E-state index >= 15 is 0 Å². The van der Waals surface area contributed by atoms with Gasteiger partial charge in [0.2, 0.25) is 0 Å². The Bertz CT molecular complexity index is 383. The number of piperidine rings is 1. The summed E-state index contributed by atoms with van der Waals surface area (Å²) in [5.74, 6) is 0.949. The third kappa shape index (κ3) is 2.75. The van der Waals surface area contributed by atoms with Crippen molar-refractivity contribution in [2.75, 3.05) is 13.1 Å². The van der Waals surface area contributed by atoms with E-state index in [4.69, 9.17) is 0 Å². The standard InChI is InChI=1S/C13H16INO/c1-10-5-7-15(8-6-10)13(16)11-3-2-4-12(14)9-11/h2-4,9-10H,5-8H2,1H3. The first-order valence-corrected chi connectivity index (χ1v) is 6.79. The summed E-state index contributed by atoms with van der Waals surface area (Å²) in [6, 6.07) is 7.82. The van der Waals surface area contributed by atoms with E-state index in [9.17, 15) is 4.79 Å². The lowest BCUT2D eigenvalue weighted by molar-refractivity contribution is 0.0697. The maximum Gasteiger partial charge on any atom is 0.253 e. The maximum atomic E-state index is 12.2. The Labute approximate surface area is 110 Å². The molecule has 16 heavy (non-hydrogen) atoms. The number of benzene rings is 1. The van der Waals surface area contributed by atoms with E-state index in [1.807, 2.05) is 29.2 Å². The number of nitrogens with zero attached hydrogens (tertiary/aromatic N) is 1. The van der Waals surface area contributed by atoms with Crippen molar-refractivity contribution in [2.45, 2.75) is 19.8 Å². The SMILES string of the molecule is CC1CCN(C(=O)c2cccc(I)c2)CC1. The number of amides is 1. The molecule has 0 radical (unpaired) electrons. The Balaban J connectivity index is 2.08. The predicted molar refractivity (Wildman–Crippen MR) is 73.5 cm³/mol. The van der Waals surface area contributed by atoms with Gasteiger partial charge in [0.1, 0.15) is 0 Å². The zero-order valence-corrected chi connectivity index (χ0v) is 11.6. The zero-order chi connectivity index (χ0) is 11.5. The molecule has 0 spiro atoms. The summed E-state index contributed by atoms with van der Waals surface area (Å²) >= 11 is 2.24. The monoisotopic (exact) mass is 329 g/mol. The number of carbonyl (C=O) groups excluding carboxylic acids is 1. The molecule has 0 atom stereocenters. The number of halogens is 1. The van der Waals surface area contributed by atoms with Gasteiger partial charge >= 0.3 is 0 Å². The Morgan fingerprint density at radius 1 is 1.38 bits per heavy atom. The number of rotatable bonds is 1. The van der Waals surface area contributed by atoms with Crippen LogP contribution >= 0.6 is 22.6 Å². The van der Waals surface area contributed by atoms with Crippen LogP contribution in [-0.2, 0) is 0 Å². The molecular formula is C13H16INO. The Morgan fingerprint density at radius 3 is 2.69 bits per heavy atom. The van der Waals surface area contributed by atoms with Crippen molar-refractivity contribution in [3.05, 3.63) is 33.4 Å². The topological polar surface area (TPSA) is 20.3 Å². The minimum absolute atomic E-state index is 0.186. The molecule has 1 aliphatic rings. The second-order valence-corrected chi connectivity index (χ2v) is 5.73. The van der Waals surface area contributed by atoms with E-state index in [0.717, 1.165) is 41.0 Å². The normalized spacial score (nSPS) is 17.5. The Kier molecular flexibility index (Phi) is 3.84. The minimum atomic E-state index is 0.186. The van der Waals surface area contributed by atoms with Gasteiger partial charge in [-0.1, -0.05) is 13.0 Å². The van der Waals surface area contributed by atoms with Crippen molar-refractivity contribution in [3.63, 3.8) is 0 Å². The van der Waals surface area contributed by atoms with Gasteiger partial charge in [-0.3, -0.25) is 4.79 Å². The van der Waals surface area contributed by atoms with Crippen molar-refractivity contribution in [3.8, 4) is 0 Å². The summed E-state index contributed by atoms with van der Waals surface area (Å²) in [6.45, 7) is 4.07. The van der Waals surface area contributed by atoms with E-state index in [-0.39, 0.29) is 5.91 Å². The van der Waals surface area contributed by atoms with Gasteiger partial charge < -0.3 is 4.90 Å². The number of carbonyl (C=O) groups is 1. The first kappa shape index (κ1) is 11.9. The van der Waals surface area contributed by atoms with Crippen LogP contribution in [0.1, 0.15) is 30.1 Å². The third-order valence-electron chi connectivity index (χ3n) is 3.14. The smallest absolute Gasteiger partial charge is 0.253 e. The zero-order valence-electron chi connectivity index (χ0n) is 9.45. The maximum absolute atomic E-state index is 12.2. The van der Waals surface area contributed by atoms with Crippen LogP contribution in [-0.4, -0.2) is 23.9 Å². The molecule has 0 unspecified atom stereocenters. The van der Waals surface area contributed by atoms with Crippen LogP contribution in [0, 0.1) is 9.49 Å². The highest BCUT2D eigenvalue weighted by atomic mass is 127. The van der Waals surface area contributed by atoms with Crippen LogP contribution in [0.5, 0.6) is 0 Å². The van der Waals surface area contributed by atoms with Gasteiger partial charge in [-0.25, -0.2) is 0 Å². The molecule has 0 aliphatic carbocycles. The number of hydrogen-bond acceptors (Lipinski definition) is 1. The van der Waals surface area contributed by atoms with E-state index in [1.54, 1.807) is 0 Å². The molecule has 0 aromatic heterocycles. The van der Waals surface area contributed by atoms with Crippen molar-refractivity contribution >= 4 is 28.5 Å². The second-order valence-electron chi connectivity index (χ2n) is 4.49. The van der Waals surface area contributed by atoms with Crippen molar-refractivity contribution in [1.29, 1.82) is 0 Å². The second kappa shape index (κ2) is 5.17. The summed E-state index contributed by atoms with van der Waals surface area (Å²) in [6.07, 6.45) is 2.27. The van der Waals surface area contributed by atoms with Gasteiger partial charge in [-0.15, -0.1) is 0 Å². The molecule has 2 nitrogen and oxygen atoms in total. The molecule has 1 heterocycles. The largest absolute Gasteiger partial charge is 0.339 e. The molecule has 0 N–H and O–H groups in total. The summed E-state index contributed by atoms with van der Waals surface area (Å²) in [4.78, 5) is 14.2. The van der Waals surface area contributed by atoms with E-state index in [0.29, 0.717) is 0 Å². The lowest BCUT2D eigenvalue weighted by atomic mass is 9.98. The summed E-state index contributed by atoms with van der Waals surface area (Å²) in [5, 5.41) is 0. The molecule has 1 fully saturated rings. The molecular weight excluding hydrogens is 313 g/mol. The molecule has 2 rings (SSSR count). The Hall–Kier alpha value is -0.580. The highest BCUT2D eigenvalue weighted by molar-refractivity contribution is 14.1. The first-order chi connectivity index (χ1) is 7.66. The summed E-state index contributed by atoms with van der Waals surface area (Å²) in [7, 11) is 0. The van der Waals surface area contributed by atoms with Crippen molar-refractivity contribution in [1.82, 2.24) is 4.90 Å². The van der Waals surface area contributed by atoms with Gasteiger partial charge in [-0.05, 0) is 59.5 Å². The highest BCUT2D eigenvalue weighted by Gasteiger charge is 2.21. The van der Waals surface area contributed by atoms with Crippen molar-refractivity contribution < 1.29 is 4.79 Å². The van der Waals surface area contributed by atoms with Crippen LogP contribution in [0.25, 0.3) is 0 Å². The van der Waals surface area contributed by atoms with Crippen LogP contribution in [0.4, 0.5) is 0 Å². The van der Waals surface area contributed by atoms with E-state index < -0.39 is 0 Å². The average Bonchev–Trinajstić information content (AvgIpc) is 2.29. The lowest BCUT2D eigenvalue weighted by Crippen LogP contribution is -2.37. The quantitative estimate of drug-likeness (QED) is 0.725. The number of hydrogen-bond donors (Lipinski definition) is 0. The first-order valence-electron chi connectivity index (χ1n) is 5.71. The number of likely N-dealkylation sites (tertiary alicyclic amines) is 1. The average molecular weight is 329 g/mol. The molecule has 1 aliphatic heterocycles. The van der Waals surface area contributed by atoms with E-state index in [2.05, 4.69) is 29.5 Å². The molecule has 1 aromatic carbocycles. The fourth-order valence-electron chi connectivity index (χ4n) is 2.02. The van der Waals surface area contributed by atoms with Gasteiger partial charge in [0.15, 0.2) is 0 Å². The molecule has 1 aromatic rings. The van der Waals surface area contributed by atoms with Crippen LogP contribution < -0.4 is 0 Å². The fraction of sp³-hybridized carbons (Fsp3) is 0.462. The molecule has 0 saturated carbocycles. The summed E-state index contributed by atoms with van der Waals surface area (Å²) in [5.41, 5.74) is 0.821. The fourth-order valence-corrected chi connectivity index (χ4v) is 2.56. The van der Waals surface area contributed by atoms with Crippen LogP contribution in [0.15, 0.2) is 24.3 Å². The Morgan fingerprint density at radius 2 is 2.06 bits per heavy atom. The molecule has 3 heteroatoms. The lowest BCUT2D eigenvalue weighted by Gasteiger charge is -2.30. The predicted octanol–water partition coefficient (Wildman–Crippen LogP) is 3.16. The van der Waals surface area contributed by atoms with Gasteiger partial charge in [0.25, 0.3) is 5.91 Å². The van der Waals surface area contributed by atoms with Crippen LogP contribution in [0.2, 0.25) is 0 Å². The summed E-state index contributed by atoms with van der Waals surface area (Å²) < 4.78 is 1.12. The van der Waals surface area contributed by atoms with Gasteiger partial charge in [0.05, 0.1) is 0 Å². The van der Waals surface area contributed by atoms with Crippen molar-refractivity contribution in [2.24, 2.45) is 5.92 Å². The molecule has 0 bridgehead atoms. The van der Waals surface area contributed by atoms with Crippen LogP contribution in [0.3, 0.4) is 0 Å². The molecule has 1 amide bonds. The highest BCUT2D eigenvalue weighted by Crippen LogP contribution is 2.18. The molecule has 86 valence electrons. The molecule has 1 saturated heterocycles. The van der Waals surface area contributed by atoms with Gasteiger partial charge in [-0.2, -0.15) is 0 Å². The van der Waals surface area contributed by atoms with Gasteiger partial charge in [0, 0.05) is 22.2 Å². The minimum Gasteiger partial charge on any atom is -0.339 e.